The maximum atomic E-state index is 10.4. The first kappa shape index (κ1) is 32.3. The maximum Gasteiger partial charge on any atom is 3.00 e. The van der Waals surface area contributed by atoms with E-state index in [0.717, 1.165) is 16.7 Å². The molecule has 0 unspecified atom stereocenters. The molecule has 180 valence electrons. The van der Waals surface area contributed by atoms with Gasteiger partial charge >= 0.3 is 25.8 Å². The molecular formula is C21H21O9S3Sc. The zero-order valence-corrected chi connectivity index (χ0v) is 22.7. The van der Waals surface area contributed by atoms with Crippen LogP contribution in [0.25, 0.3) is 0 Å². The third-order valence-electron chi connectivity index (χ3n) is 3.93. The van der Waals surface area contributed by atoms with Crippen molar-refractivity contribution in [3.63, 3.8) is 0 Å². The van der Waals surface area contributed by atoms with Crippen LogP contribution in [0.5, 0.6) is 0 Å². The van der Waals surface area contributed by atoms with E-state index in [-0.39, 0.29) is 40.5 Å². The van der Waals surface area contributed by atoms with Gasteiger partial charge in [-0.1, -0.05) is 53.1 Å². The largest absolute Gasteiger partial charge is 3.00 e. The van der Waals surface area contributed by atoms with E-state index in [9.17, 15) is 38.9 Å². The van der Waals surface area contributed by atoms with Gasteiger partial charge < -0.3 is 13.7 Å². The van der Waals surface area contributed by atoms with Gasteiger partial charge in [-0.15, -0.1) is 0 Å². The fourth-order valence-electron chi connectivity index (χ4n) is 2.11. The van der Waals surface area contributed by atoms with Crippen molar-refractivity contribution in [2.75, 3.05) is 0 Å². The molecule has 3 aromatic rings. The van der Waals surface area contributed by atoms with Crippen molar-refractivity contribution in [1.82, 2.24) is 0 Å². The van der Waals surface area contributed by atoms with E-state index in [4.69, 9.17) is 0 Å². The molecule has 0 aliphatic rings. The van der Waals surface area contributed by atoms with E-state index in [1.54, 1.807) is 36.4 Å². The molecule has 13 heteroatoms. The van der Waals surface area contributed by atoms with Crippen LogP contribution in [0.1, 0.15) is 16.7 Å². The third-order valence-corrected chi connectivity index (χ3v) is 6.48. The van der Waals surface area contributed by atoms with Gasteiger partial charge in [-0.3, -0.25) is 0 Å². The fourth-order valence-corrected chi connectivity index (χ4v) is 3.52. The first-order valence-electron chi connectivity index (χ1n) is 9.08. The average molecular weight is 559 g/mol. The van der Waals surface area contributed by atoms with Gasteiger partial charge in [0, 0.05) is 0 Å². The van der Waals surface area contributed by atoms with Gasteiger partial charge in [0.25, 0.3) is 0 Å². The topological polar surface area (TPSA) is 172 Å². The molecule has 0 aliphatic heterocycles. The van der Waals surface area contributed by atoms with Crippen LogP contribution >= 0.6 is 0 Å². The van der Waals surface area contributed by atoms with Crippen molar-refractivity contribution < 1.29 is 64.8 Å². The molecular weight excluding hydrogens is 537 g/mol. The van der Waals surface area contributed by atoms with Crippen LogP contribution in [0.3, 0.4) is 0 Å². The minimum atomic E-state index is -4.27. The van der Waals surface area contributed by atoms with Crippen molar-refractivity contribution in [3.8, 4) is 0 Å². The number of benzene rings is 3. The standard InChI is InChI=1S/3C7H8O3S.Sc/c3*1-6-2-4-7(5-3-6)11(8,9)10;/h3*2-5H,1H3,(H,8,9,10);/q;;;+3/p-3. The van der Waals surface area contributed by atoms with Gasteiger partial charge in [-0.05, 0) is 57.2 Å². The second kappa shape index (κ2) is 13.4. The Labute approximate surface area is 218 Å². The molecule has 3 aromatic carbocycles. The monoisotopic (exact) mass is 558 g/mol. The quantitative estimate of drug-likeness (QED) is 0.438. The van der Waals surface area contributed by atoms with Crippen LogP contribution in [0, 0.1) is 20.8 Å². The SMILES string of the molecule is Cc1ccc(S(=O)(=O)[O-])cc1.Cc1ccc(S(=O)(=O)[O-])cc1.Cc1ccc(S(=O)(=O)[O-])cc1.[Sc+3]. The summed E-state index contributed by atoms with van der Waals surface area (Å²) in [6.07, 6.45) is 0. The van der Waals surface area contributed by atoms with Gasteiger partial charge in [0.05, 0.1) is 14.7 Å². The molecule has 9 nitrogen and oxygen atoms in total. The zero-order valence-electron chi connectivity index (χ0n) is 18.4. The Bertz CT molecular complexity index is 1190. The Morgan fingerprint density at radius 3 is 0.676 bits per heavy atom. The van der Waals surface area contributed by atoms with Crippen LogP contribution in [0.15, 0.2) is 87.5 Å². The van der Waals surface area contributed by atoms with Crippen molar-refractivity contribution in [2.45, 2.75) is 35.5 Å². The second-order valence-electron chi connectivity index (χ2n) is 6.80. The molecule has 0 fully saturated rings. The van der Waals surface area contributed by atoms with E-state index < -0.39 is 30.4 Å². The van der Waals surface area contributed by atoms with E-state index in [1.807, 2.05) is 20.8 Å². The predicted octanol–water partition coefficient (Wildman–Crippen LogP) is 2.69. The third kappa shape index (κ3) is 12.1. The van der Waals surface area contributed by atoms with Crippen LogP contribution in [0.2, 0.25) is 0 Å². The van der Waals surface area contributed by atoms with E-state index >= 15 is 0 Å². The Balaban J connectivity index is 0.000000473. The predicted molar refractivity (Wildman–Crippen MR) is 117 cm³/mol. The molecule has 0 spiro atoms. The maximum absolute atomic E-state index is 10.4. The summed E-state index contributed by atoms with van der Waals surface area (Å²) in [5, 5.41) is 0. The van der Waals surface area contributed by atoms with Gasteiger partial charge in [-0.2, -0.15) is 0 Å². The number of hydrogen-bond acceptors (Lipinski definition) is 9. The molecule has 0 amide bonds. The molecule has 34 heavy (non-hydrogen) atoms. The van der Waals surface area contributed by atoms with Gasteiger partial charge in [0.2, 0.25) is 0 Å². The number of rotatable bonds is 3. The zero-order chi connectivity index (χ0) is 25.4. The molecule has 0 aromatic heterocycles. The van der Waals surface area contributed by atoms with Crippen molar-refractivity contribution in [2.24, 2.45) is 0 Å². The summed E-state index contributed by atoms with van der Waals surface area (Å²) < 4.78 is 93.5. The fraction of sp³-hybridized carbons (Fsp3) is 0.143. The molecule has 0 saturated heterocycles. The molecule has 3 rings (SSSR count). The van der Waals surface area contributed by atoms with Crippen LogP contribution in [0.4, 0.5) is 0 Å². The number of aryl methyl sites for hydroxylation is 3. The van der Waals surface area contributed by atoms with Crippen molar-refractivity contribution in [3.05, 3.63) is 89.5 Å². The first-order valence-corrected chi connectivity index (χ1v) is 13.3. The molecule has 0 radical (unpaired) electrons. The number of hydrogen-bond donors (Lipinski definition) is 0. The summed E-state index contributed by atoms with van der Waals surface area (Å²) in [7, 11) is -12.8. The Hall–Kier alpha value is -1.74. The summed E-state index contributed by atoms with van der Waals surface area (Å²) in [6.45, 7) is 5.46. The average Bonchev–Trinajstić information content (AvgIpc) is 2.68. The van der Waals surface area contributed by atoms with Gasteiger partial charge in [0.15, 0.2) is 0 Å². The molecule has 0 aliphatic carbocycles. The molecule has 0 N–H and O–H groups in total. The van der Waals surface area contributed by atoms with Crippen LogP contribution < -0.4 is 0 Å². The summed E-state index contributed by atoms with van der Waals surface area (Å²) in [6, 6.07) is 17.3. The molecule has 0 heterocycles. The van der Waals surface area contributed by atoms with Crippen LogP contribution in [-0.4, -0.2) is 38.9 Å². The summed E-state index contributed by atoms with van der Waals surface area (Å²) >= 11 is 0. The van der Waals surface area contributed by atoms with E-state index in [0.29, 0.717) is 0 Å². The minimum Gasteiger partial charge on any atom is -0.744 e. The molecule has 0 atom stereocenters. The minimum absolute atomic E-state index is 0. The normalized spacial score (nSPS) is 11.1. The Morgan fingerprint density at radius 2 is 0.559 bits per heavy atom. The smallest absolute Gasteiger partial charge is 0.744 e. The van der Waals surface area contributed by atoms with Crippen molar-refractivity contribution in [1.29, 1.82) is 0 Å². The molecule has 0 saturated carbocycles. The summed E-state index contributed by atoms with van der Waals surface area (Å²) in [5.41, 5.74) is 2.78. The summed E-state index contributed by atoms with van der Waals surface area (Å²) in [5.74, 6) is 0. The van der Waals surface area contributed by atoms with Crippen LogP contribution in [-0.2, 0) is 56.2 Å². The Morgan fingerprint density at radius 1 is 0.412 bits per heavy atom. The van der Waals surface area contributed by atoms with E-state index in [1.165, 1.54) is 36.4 Å². The van der Waals surface area contributed by atoms with Gasteiger partial charge in [-0.25, -0.2) is 25.3 Å². The van der Waals surface area contributed by atoms with Gasteiger partial charge in [0.1, 0.15) is 30.4 Å². The van der Waals surface area contributed by atoms with Crippen molar-refractivity contribution >= 4 is 30.4 Å². The Kier molecular flexibility index (Phi) is 12.7. The van der Waals surface area contributed by atoms with E-state index in [2.05, 4.69) is 0 Å². The second-order valence-corrected chi connectivity index (χ2v) is 10.9. The summed E-state index contributed by atoms with van der Waals surface area (Å²) in [4.78, 5) is -0.533. The first-order chi connectivity index (χ1) is 15.0. The molecule has 0 bridgehead atoms.